The molecule has 88 valence electrons. The van der Waals surface area contributed by atoms with Crippen LogP contribution in [0.1, 0.15) is 5.89 Å². The first kappa shape index (κ1) is 11.0. The number of hydrogen-bond donors (Lipinski definition) is 1. The molecule has 1 aromatic heterocycles. The topological polar surface area (TPSA) is 38.1 Å². The fraction of sp³-hybridized carbons (Fsp3) is 0.308. The van der Waals surface area contributed by atoms with Gasteiger partial charge in [-0.25, -0.2) is 4.98 Å². The molecule has 2 heterocycles. The minimum Gasteiger partial charge on any atom is -0.441 e. The predicted molar refractivity (Wildman–Crippen MR) is 69.7 cm³/mol. The van der Waals surface area contributed by atoms with Crippen molar-refractivity contribution in [3.8, 4) is 11.3 Å². The Kier molecular flexibility index (Phi) is 2.99. The fourth-order valence-corrected chi connectivity index (χ4v) is 2.16. The average Bonchev–Trinajstić information content (AvgIpc) is 2.73. The van der Waals surface area contributed by atoms with E-state index in [4.69, 9.17) is 4.42 Å². The maximum absolute atomic E-state index is 5.76. The molecule has 0 atom stereocenters. The maximum atomic E-state index is 5.76. The summed E-state index contributed by atoms with van der Waals surface area (Å²) >= 11 is 3.42. The molecular weight excluding hydrogens is 280 g/mol. The number of rotatable bonds is 3. The van der Waals surface area contributed by atoms with Crippen molar-refractivity contribution in [2.75, 3.05) is 13.1 Å². The molecule has 0 unspecified atom stereocenters. The van der Waals surface area contributed by atoms with Crippen LogP contribution < -0.4 is 5.32 Å². The Morgan fingerprint density at radius 1 is 1.29 bits per heavy atom. The molecule has 4 heteroatoms. The van der Waals surface area contributed by atoms with Gasteiger partial charge in [-0.15, -0.1) is 0 Å². The summed E-state index contributed by atoms with van der Waals surface area (Å²) in [4.78, 5) is 4.33. The predicted octanol–water partition coefficient (Wildman–Crippen LogP) is 2.87. The van der Waals surface area contributed by atoms with Crippen LogP contribution in [0.3, 0.4) is 0 Å². The molecule has 1 fully saturated rings. The van der Waals surface area contributed by atoms with Crippen LogP contribution in [-0.2, 0) is 6.42 Å². The number of benzene rings is 1. The number of aromatic nitrogens is 1. The van der Waals surface area contributed by atoms with Crippen molar-refractivity contribution in [2.45, 2.75) is 6.42 Å². The molecule has 3 rings (SSSR count). The molecule has 0 bridgehead atoms. The van der Waals surface area contributed by atoms with Gasteiger partial charge in [0.25, 0.3) is 0 Å². The van der Waals surface area contributed by atoms with E-state index in [0.717, 1.165) is 41.2 Å². The van der Waals surface area contributed by atoms with Crippen molar-refractivity contribution < 1.29 is 4.42 Å². The molecule has 17 heavy (non-hydrogen) atoms. The van der Waals surface area contributed by atoms with E-state index >= 15 is 0 Å². The molecule has 2 aromatic rings. The van der Waals surface area contributed by atoms with E-state index in [9.17, 15) is 0 Å². The Morgan fingerprint density at radius 2 is 2.06 bits per heavy atom. The Hall–Kier alpha value is -1.13. The third-order valence-electron chi connectivity index (χ3n) is 3.01. The van der Waals surface area contributed by atoms with Gasteiger partial charge in [-0.2, -0.15) is 0 Å². The summed E-state index contributed by atoms with van der Waals surface area (Å²) in [6, 6.07) is 8.07. The molecule has 0 aliphatic carbocycles. The van der Waals surface area contributed by atoms with E-state index in [1.165, 1.54) is 0 Å². The average molecular weight is 293 g/mol. The monoisotopic (exact) mass is 292 g/mol. The minimum absolute atomic E-state index is 0.686. The second-order valence-electron chi connectivity index (χ2n) is 4.35. The van der Waals surface area contributed by atoms with Crippen molar-refractivity contribution >= 4 is 15.9 Å². The van der Waals surface area contributed by atoms with Crippen LogP contribution in [0.5, 0.6) is 0 Å². The number of oxazole rings is 1. The summed E-state index contributed by atoms with van der Waals surface area (Å²) in [6.45, 7) is 2.16. The van der Waals surface area contributed by atoms with Crippen molar-refractivity contribution in [3.05, 3.63) is 40.8 Å². The lowest BCUT2D eigenvalue weighted by Crippen LogP contribution is -2.43. The second-order valence-corrected chi connectivity index (χ2v) is 5.27. The molecule has 1 saturated heterocycles. The van der Waals surface area contributed by atoms with Crippen LogP contribution in [0.15, 0.2) is 39.4 Å². The van der Waals surface area contributed by atoms with Crippen LogP contribution in [0.4, 0.5) is 0 Å². The van der Waals surface area contributed by atoms with Gasteiger partial charge in [-0.3, -0.25) is 0 Å². The van der Waals surface area contributed by atoms with Gasteiger partial charge < -0.3 is 9.73 Å². The zero-order chi connectivity index (χ0) is 11.7. The van der Waals surface area contributed by atoms with Crippen molar-refractivity contribution in [3.63, 3.8) is 0 Å². The smallest absolute Gasteiger partial charge is 0.195 e. The van der Waals surface area contributed by atoms with Crippen LogP contribution >= 0.6 is 15.9 Å². The van der Waals surface area contributed by atoms with Gasteiger partial charge in [0, 0.05) is 16.5 Å². The van der Waals surface area contributed by atoms with Gasteiger partial charge in [0.05, 0.1) is 6.20 Å². The molecule has 0 radical (unpaired) electrons. The van der Waals surface area contributed by atoms with Gasteiger partial charge in [-0.1, -0.05) is 28.1 Å². The highest BCUT2D eigenvalue weighted by atomic mass is 79.9. The number of nitrogens with one attached hydrogen (secondary N) is 1. The highest BCUT2D eigenvalue weighted by Gasteiger charge is 2.19. The first-order valence-electron chi connectivity index (χ1n) is 5.72. The Bertz CT molecular complexity index is 502. The van der Waals surface area contributed by atoms with E-state index < -0.39 is 0 Å². The lowest BCUT2D eigenvalue weighted by atomic mass is 10.00. The molecule has 1 aliphatic rings. The van der Waals surface area contributed by atoms with E-state index in [2.05, 4.69) is 26.2 Å². The van der Waals surface area contributed by atoms with Crippen LogP contribution in [-0.4, -0.2) is 18.1 Å². The van der Waals surface area contributed by atoms with Crippen LogP contribution in [0.25, 0.3) is 11.3 Å². The van der Waals surface area contributed by atoms with Gasteiger partial charge in [0.15, 0.2) is 11.7 Å². The summed E-state index contributed by atoms with van der Waals surface area (Å²) < 4.78 is 6.83. The minimum atomic E-state index is 0.686. The lowest BCUT2D eigenvalue weighted by Gasteiger charge is -2.25. The third kappa shape index (κ3) is 2.42. The zero-order valence-corrected chi connectivity index (χ0v) is 10.9. The van der Waals surface area contributed by atoms with E-state index in [1.54, 1.807) is 0 Å². The molecule has 3 nitrogen and oxygen atoms in total. The normalized spacial score (nSPS) is 15.8. The van der Waals surface area contributed by atoms with Gasteiger partial charge in [0.1, 0.15) is 0 Å². The molecule has 1 aliphatic heterocycles. The summed E-state index contributed by atoms with van der Waals surface area (Å²) in [5.41, 5.74) is 1.07. The van der Waals surface area contributed by atoms with Crippen LogP contribution in [0.2, 0.25) is 0 Å². The van der Waals surface area contributed by atoms with Crippen molar-refractivity contribution in [1.29, 1.82) is 0 Å². The standard InChI is InChI=1S/C13H13BrN2O/c14-11-3-1-10(2-4-11)12-8-16-13(17-12)5-9-6-15-7-9/h1-4,8-9,15H,5-7H2. The van der Waals surface area contributed by atoms with Crippen molar-refractivity contribution in [2.24, 2.45) is 5.92 Å². The fourth-order valence-electron chi connectivity index (χ4n) is 1.89. The Balaban J connectivity index is 1.76. The van der Waals surface area contributed by atoms with Gasteiger partial charge in [-0.05, 0) is 31.1 Å². The molecular formula is C13H13BrN2O. The Labute approximate surface area is 108 Å². The molecule has 0 spiro atoms. The highest BCUT2D eigenvalue weighted by molar-refractivity contribution is 9.10. The number of nitrogens with zero attached hydrogens (tertiary/aromatic N) is 1. The SMILES string of the molecule is Brc1ccc(-c2cnc(CC3CNC3)o2)cc1. The van der Waals surface area contributed by atoms with Gasteiger partial charge in [0.2, 0.25) is 0 Å². The molecule has 1 N–H and O–H groups in total. The first-order valence-corrected chi connectivity index (χ1v) is 6.52. The van der Waals surface area contributed by atoms with Crippen molar-refractivity contribution in [1.82, 2.24) is 10.3 Å². The first-order chi connectivity index (χ1) is 8.31. The zero-order valence-electron chi connectivity index (χ0n) is 9.32. The quantitative estimate of drug-likeness (QED) is 0.945. The summed E-state index contributed by atoms with van der Waals surface area (Å²) in [7, 11) is 0. The molecule has 0 amide bonds. The number of hydrogen-bond acceptors (Lipinski definition) is 3. The Morgan fingerprint density at radius 3 is 2.71 bits per heavy atom. The maximum Gasteiger partial charge on any atom is 0.195 e. The molecule has 0 saturated carbocycles. The summed E-state index contributed by atoms with van der Waals surface area (Å²) in [6.07, 6.45) is 2.74. The summed E-state index contributed by atoms with van der Waals surface area (Å²) in [5.74, 6) is 2.38. The van der Waals surface area contributed by atoms with Crippen LogP contribution in [0, 0.1) is 5.92 Å². The molecule has 1 aromatic carbocycles. The highest BCUT2D eigenvalue weighted by Crippen LogP contribution is 2.23. The summed E-state index contributed by atoms with van der Waals surface area (Å²) in [5, 5.41) is 3.25. The van der Waals surface area contributed by atoms with Gasteiger partial charge >= 0.3 is 0 Å². The van der Waals surface area contributed by atoms with E-state index in [-0.39, 0.29) is 0 Å². The third-order valence-corrected chi connectivity index (χ3v) is 3.54. The van der Waals surface area contributed by atoms with E-state index in [0.29, 0.717) is 5.92 Å². The largest absolute Gasteiger partial charge is 0.441 e. The van der Waals surface area contributed by atoms with E-state index in [1.807, 2.05) is 30.5 Å². The lowest BCUT2D eigenvalue weighted by molar-refractivity contribution is 0.319. The second kappa shape index (κ2) is 4.63. The number of halogens is 1.